The van der Waals surface area contributed by atoms with Crippen LogP contribution in [0.5, 0.6) is 0 Å². The molecule has 0 atom stereocenters. The monoisotopic (exact) mass is 438 g/mol. The van der Waals surface area contributed by atoms with Gasteiger partial charge in [-0.05, 0) is 37.3 Å². The highest BCUT2D eigenvalue weighted by Gasteiger charge is 2.25. The minimum absolute atomic E-state index is 0.0374. The number of nitrogens with zero attached hydrogens (tertiary/aromatic N) is 1. The Hall–Kier alpha value is -2.35. The lowest BCUT2D eigenvalue weighted by Gasteiger charge is -2.09. The van der Waals surface area contributed by atoms with Crippen molar-refractivity contribution in [2.24, 2.45) is 0 Å². The second-order valence-corrected chi connectivity index (χ2v) is 9.04. The molecule has 3 aromatic rings. The number of amides is 1. The molecule has 9 heteroatoms. The Morgan fingerprint density at radius 1 is 1.14 bits per heavy atom. The second kappa shape index (κ2) is 7.95. The quantitative estimate of drug-likeness (QED) is 0.604. The summed E-state index contributed by atoms with van der Waals surface area (Å²) in [6.45, 7) is 3.15. The Labute approximate surface area is 172 Å². The predicted octanol–water partition coefficient (Wildman–Crippen LogP) is 5.00. The molecule has 0 unspecified atom stereocenters. The number of halogens is 2. The van der Waals surface area contributed by atoms with Gasteiger partial charge in [-0.2, -0.15) is 0 Å². The number of aromatic nitrogens is 1. The van der Waals surface area contributed by atoms with E-state index < -0.39 is 15.7 Å². The number of hydrogen-bond acceptors (Lipinski definition) is 5. The van der Waals surface area contributed by atoms with E-state index in [9.17, 15) is 13.2 Å². The van der Waals surface area contributed by atoms with E-state index in [2.05, 4.69) is 10.5 Å². The number of aryl methyl sites for hydroxylation is 1. The fraction of sp³-hybridized carbons (Fsp3) is 0.158. The molecule has 0 saturated carbocycles. The van der Waals surface area contributed by atoms with Gasteiger partial charge < -0.3 is 9.84 Å². The first-order valence-electron chi connectivity index (χ1n) is 8.29. The van der Waals surface area contributed by atoms with Crippen molar-refractivity contribution in [2.75, 3.05) is 11.1 Å². The van der Waals surface area contributed by atoms with Crippen molar-refractivity contribution in [2.45, 2.75) is 18.7 Å². The van der Waals surface area contributed by atoms with Gasteiger partial charge in [0.25, 0.3) is 5.91 Å². The van der Waals surface area contributed by atoms with Gasteiger partial charge in [-0.1, -0.05) is 47.4 Å². The Morgan fingerprint density at radius 3 is 2.43 bits per heavy atom. The average Bonchev–Trinajstić information content (AvgIpc) is 3.03. The van der Waals surface area contributed by atoms with Crippen LogP contribution >= 0.6 is 23.2 Å². The summed E-state index contributed by atoms with van der Waals surface area (Å²) in [5.74, 6) is -0.277. The fourth-order valence-corrected chi connectivity index (χ4v) is 4.16. The van der Waals surface area contributed by atoms with Gasteiger partial charge in [0, 0.05) is 11.3 Å². The molecule has 3 rings (SSSR count). The predicted molar refractivity (Wildman–Crippen MR) is 109 cm³/mol. The second-order valence-electron chi connectivity index (χ2n) is 5.94. The molecule has 1 heterocycles. The number of nitrogens with one attached hydrogen (secondary N) is 1. The average molecular weight is 439 g/mol. The SMILES string of the molecule is CCS(=O)(=O)c1cccc(NC(=O)c2c(-c3c(Cl)cccc3Cl)noc2C)c1. The zero-order chi connectivity index (χ0) is 20.5. The van der Waals surface area contributed by atoms with E-state index >= 15 is 0 Å². The van der Waals surface area contributed by atoms with Crippen LogP contribution in [0.2, 0.25) is 10.0 Å². The van der Waals surface area contributed by atoms with Crippen molar-refractivity contribution in [3.05, 3.63) is 63.8 Å². The first-order chi connectivity index (χ1) is 13.2. The first-order valence-corrected chi connectivity index (χ1v) is 10.7. The van der Waals surface area contributed by atoms with E-state index in [1.165, 1.54) is 12.1 Å². The highest BCUT2D eigenvalue weighted by atomic mass is 35.5. The Kier molecular flexibility index (Phi) is 5.79. The van der Waals surface area contributed by atoms with Gasteiger partial charge in [-0.3, -0.25) is 4.79 Å². The summed E-state index contributed by atoms with van der Waals surface area (Å²) in [4.78, 5) is 13.0. The van der Waals surface area contributed by atoms with Gasteiger partial charge in [0.2, 0.25) is 0 Å². The van der Waals surface area contributed by atoms with Crippen molar-refractivity contribution in [1.82, 2.24) is 5.16 Å². The van der Waals surface area contributed by atoms with Gasteiger partial charge >= 0.3 is 0 Å². The topological polar surface area (TPSA) is 89.3 Å². The maximum Gasteiger partial charge on any atom is 0.261 e. The normalized spacial score (nSPS) is 11.4. The summed E-state index contributed by atoms with van der Waals surface area (Å²) in [7, 11) is -3.40. The molecule has 0 bridgehead atoms. The van der Waals surface area contributed by atoms with E-state index in [0.29, 0.717) is 21.3 Å². The van der Waals surface area contributed by atoms with E-state index in [1.807, 2.05) is 0 Å². The van der Waals surface area contributed by atoms with Crippen LogP contribution in [0.4, 0.5) is 5.69 Å². The summed E-state index contributed by atoms with van der Waals surface area (Å²) in [5.41, 5.74) is 1.09. The molecule has 1 aromatic heterocycles. The maximum atomic E-state index is 12.9. The van der Waals surface area contributed by atoms with Crippen molar-refractivity contribution in [3.8, 4) is 11.3 Å². The minimum Gasteiger partial charge on any atom is -0.360 e. The van der Waals surface area contributed by atoms with Crippen LogP contribution in [0.1, 0.15) is 23.0 Å². The maximum absolute atomic E-state index is 12.9. The van der Waals surface area contributed by atoms with Gasteiger partial charge in [0.05, 0.1) is 20.7 Å². The third-order valence-electron chi connectivity index (χ3n) is 4.12. The van der Waals surface area contributed by atoms with Gasteiger partial charge in [-0.25, -0.2) is 8.42 Å². The number of anilines is 1. The Bertz CT molecular complexity index is 1140. The van der Waals surface area contributed by atoms with Gasteiger partial charge in [0.15, 0.2) is 9.84 Å². The smallest absolute Gasteiger partial charge is 0.261 e. The van der Waals surface area contributed by atoms with Gasteiger partial charge in [-0.15, -0.1) is 0 Å². The van der Waals surface area contributed by atoms with Crippen LogP contribution < -0.4 is 5.32 Å². The molecular weight excluding hydrogens is 423 g/mol. The minimum atomic E-state index is -3.40. The molecule has 0 aliphatic rings. The zero-order valence-corrected chi connectivity index (χ0v) is 17.3. The zero-order valence-electron chi connectivity index (χ0n) is 15.0. The summed E-state index contributed by atoms with van der Waals surface area (Å²) in [5, 5.41) is 7.27. The molecule has 0 aliphatic carbocycles. The standard InChI is InChI=1S/C19H16Cl2N2O4S/c1-3-28(25,26)13-7-4-6-12(10-13)22-19(24)16-11(2)27-23-18(16)17-14(20)8-5-9-15(17)21/h4-10H,3H2,1-2H3,(H,22,24). The molecule has 0 fully saturated rings. The van der Waals surface area contributed by atoms with Crippen LogP contribution in [0.3, 0.4) is 0 Å². The molecule has 0 radical (unpaired) electrons. The third kappa shape index (κ3) is 3.92. The largest absolute Gasteiger partial charge is 0.360 e. The summed E-state index contributed by atoms with van der Waals surface area (Å²) in [6.07, 6.45) is 0. The number of rotatable bonds is 5. The highest BCUT2D eigenvalue weighted by Crippen LogP contribution is 2.37. The third-order valence-corrected chi connectivity index (χ3v) is 6.48. The van der Waals surface area contributed by atoms with Crippen molar-refractivity contribution >= 4 is 44.6 Å². The molecule has 2 aromatic carbocycles. The van der Waals surface area contributed by atoms with E-state index in [-0.39, 0.29) is 27.7 Å². The summed E-state index contributed by atoms with van der Waals surface area (Å²) < 4.78 is 29.3. The number of benzene rings is 2. The molecule has 6 nitrogen and oxygen atoms in total. The Balaban J connectivity index is 2.00. The highest BCUT2D eigenvalue weighted by molar-refractivity contribution is 7.91. The van der Waals surface area contributed by atoms with Crippen LogP contribution in [0, 0.1) is 6.92 Å². The summed E-state index contributed by atoms with van der Waals surface area (Å²) in [6, 6.07) is 11.0. The first kappa shape index (κ1) is 20.4. The van der Waals surface area contributed by atoms with Crippen molar-refractivity contribution < 1.29 is 17.7 Å². The van der Waals surface area contributed by atoms with E-state index in [1.54, 1.807) is 44.2 Å². The van der Waals surface area contributed by atoms with Crippen LogP contribution in [0.15, 0.2) is 51.9 Å². The lowest BCUT2D eigenvalue weighted by molar-refractivity contribution is 0.102. The lowest BCUT2D eigenvalue weighted by atomic mass is 10.1. The number of hydrogen-bond donors (Lipinski definition) is 1. The Morgan fingerprint density at radius 2 is 1.79 bits per heavy atom. The number of sulfone groups is 1. The molecule has 146 valence electrons. The van der Waals surface area contributed by atoms with Crippen molar-refractivity contribution in [3.63, 3.8) is 0 Å². The number of carbonyl (C=O) groups excluding carboxylic acids is 1. The summed E-state index contributed by atoms with van der Waals surface area (Å²) >= 11 is 12.5. The molecule has 0 saturated heterocycles. The van der Waals surface area contributed by atoms with E-state index in [0.717, 1.165) is 0 Å². The van der Waals surface area contributed by atoms with Crippen molar-refractivity contribution in [1.29, 1.82) is 0 Å². The molecule has 28 heavy (non-hydrogen) atoms. The molecule has 1 N–H and O–H groups in total. The van der Waals surface area contributed by atoms with Crippen LogP contribution in [-0.2, 0) is 9.84 Å². The fourth-order valence-electron chi connectivity index (χ4n) is 2.66. The molecule has 1 amide bonds. The molecule has 0 spiro atoms. The molecular formula is C19H16Cl2N2O4S. The van der Waals surface area contributed by atoms with Crippen LogP contribution in [0.25, 0.3) is 11.3 Å². The lowest BCUT2D eigenvalue weighted by Crippen LogP contribution is -2.14. The molecule has 0 aliphatic heterocycles. The van der Waals surface area contributed by atoms with E-state index in [4.69, 9.17) is 27.7 Å². The van der Waals surface area contributed by atoms with Crippen LogP contribution in [-0.4, -0.2) is 25.2 Å². The van der Waals surface area contributed by atoms with Gasteiger partial charge in [0.1, 0.15) is 17.0 Å². The number of carbonyl (C=O) groups is 1.